The number of hydrogen-bond donors (Lipinski definition) is 1. The van der Waals surface area contributed by atoms with Crippen molar-refractivity contribution in [1.82, 2.24) is 15.1 Å². The minimum absolute atomic E-state index is 0.165. The Bertz CT molecular complexity index is 809. The largest absolute Gasteiger partial charge is 0.444 e. The van der Waals surface area contributed by atoms with Gasteiger partial charge in [0.05, 0.1) is 17.5 Å². The summed E-state index contributed by atoms with van der Waals surface area (Å²) < 4.78 is 5.35. The first kappa shape index (κ1) is 23.3. The van der Waals surface area contributed by atoms with E-state index in [1.807, 2.05) is 13.8 Å². The van der Waals surface area contributed by atoms with Crippen LogP contribution >= 0.6 is 0 Å². The van der Waals surface area contributed by atoms with E-state index in [2.05, 4.69) is 11.9 Å². The Morgan fingerprint density at radius 3 is 2.29 bits per heavy atom. The molecule has 0 aromatic carbocycles. The van der Waals surface area contributed by atoms with Gasteiger partial charge in [0.15, 0.2) is 0 Å². The van der Waals surface area contributed by atoms with E-state index in [-0.39, 0.29) is 35.7 Å². The van der Waals surface area contributed by atoms with Crippen LogP contribution < -0.4 is 5.32 Å². The van der Waals surface area contributed by atoms with E-state index in [9.17, 15) is 19.2 Å². The van der Waals surface area contributed by atoms with E-state index >= 15 is 0 Å². The van der Waals surface area contributed by atoms with Gasteiger partial charge < -0.3 is 15.0 Å². The zero-order chi connectivity index (χ0) is 23.3. The van der Waals surface area contributed by atoms with E-state index in [1.165, 1.54) is 4.90 Å². The maximum absolute atomic E-state index is 13.6. The van der Waals surface area contributed by atoms with E-state index in [4.69, 9.17) is 4.74 Å². The second-order valence-electron chi connectivity index (χ2n) is 10.5. The van der Waals surface area contributed by atoms with Crippen molar-refractivity contribution in [3.8, 4) is 0 Å². The summed E-state index contributed by atoms with van der Waals surface area (Å²) in [6.45, 7) is 14.8. The molecule has 2 aliphatic heterocycles. The molecule has 3 aliphatic rings. The monoisotopic (exact) mass is 433 g/mol. The second kappa shape index (κ2) is 7.95. The molecular weight excluding hydrogens is 398 g/mol. The van der Waals surface area contributed by atoms with Crippen molar-refractivity contribution in [2.24, 2.45) is 11.3 Å². The molecule has 1 N–H and O–H groups in total. The molecule has 1 aliphatic carbocycles. The minimum Gasteiger partial charge on any atom is -0.444 e. The molecular formula is C23H35N3O5. The van der Waals surface area contributed by atoms with Gasteiger partial charge in [0.25, 0.3) is 5.91 Å². The second-order valence-corrected chi connectivity index (χ2v) is 10.5. The van der Waals surface area contributed by atoms with Crippen LogP contribution in [0.1, 0.15) is 67.2 Å². The molecule has 3 atom stereocenters. The zero-order valence-corrected chi connectivity index (χ0v) is 19.5. The third-order valence-corrected chi connectivity index (χ3v) is 6.63. The number of fused-ring (bicyclic) bond motifs is 2. The molecule has 2 heterocycles. The number of rotatable bonds is 4. The van der Waals surface area contributed by atoms with Crippen LogP contribution in [0.25, 0.3) is 0 Å². The first-order chi connectivity index (χ1) is 14.3. The smallest absolute Gasteiger partial charge is 0.408 e. The fraction of sp³-hybridized carbons (Fsp3) is 0.739. The Labute approximate surface area is 184 Å². The zero-order valence-electron chi connectivity index (χ0n) is 19.5. The molecule has 0 aromatic heterocycles. The summed E-state index contributed by atoms with van der Waals surface area (Å²) in [5, 5.41) is 2.72. The lowest BCUT2D eigenvalue weighted by molar-refractivity contribution is -0.150. The number of amides is 4. The van der Waals surface area contributed by atoms with Crippen LogP contribution in [0.4, 0.5) is 4.79 Å². The molecule has 4 amide bonds. The Morgan fingerprint density at radius 2 is 1.84 bits per heavy atom. The van der Waals surface area contributed by atoms with Crippen LogP contribution in [0.15, 0.2) is 12.2 Å². The Hall–Kier alpha value is -2.38. The van der Waals surface area contributed by atoms with Gasteiger partial charge in [-0.1, -0.05) is 26.8 Å². The van der Waals surface area contributed by atoms with Crippen molar-refractivity contribution >= 4 is 23.8 Å². The minimum atomic E-state index is -0.772. The van der Waals surface area contributed by atoms with E-state index in [1.54, 1.807) is 32.6 Å². The van der Waals surface area contributed by atoms with Crippen LogP contribution in [0, 0.1) is 11.3 Å². The molecule has 172 valence electrons. The summed E-state index contributed by atoms with van der Waals surface area (Å²) >= 11 is 0. The summed E-state index contributed by atoms with van der Waals surface area (Å²) in [5.74, 6) is -0.926. The normalized spacial score (nSPS) is 25.3. The molecule has 3 fully saturated rings. The highest BCUT2D eigenvalue weighted by Gasteiger charge is 2.67. The highest BCUT2D eigenvalue weighted by Crippen LogP contribution is 2.56. The predicted molar refractivity (Wildman–Crippen MR) is 115 cm³/mol. The summed E-state index contributed by atoms with van der Waals surface area (Å²) in [4.78, 5) is 55.1. The number of ether oxygens (including phenoxy) is 1. The fourth-order valence-electron chi connectivity index (χ4n) is 5.12. The molecule has 1 spiro atoms. The molecule has 2 saturated heterocycles. The lowest BCUT2D eigenvalue weighted by Gasteiger charge is -2.44. The molecule has 31 heavy (non-hydrogen) atoms. The van der Waals surface area contributed by atoms with Crippen molar-refractivity contribution in [3.05, 3.63) is 12.2 Å². The molecule has 0 radical (unpaired) electrons. The molecule has 0 aromatic rings. The van der Waals surface area contributed by atoms with E-state index in [0.717, 1.165) is 6.42 Å². The lowest BCUT2D eigenvalue weighted by atomic mass is 9.64. The maximum atomic E-state index is 13.6. The van der Waals surface area contributed by atoms with Gasteiger partial charge >= 0.3 is 6.09 Å². The van der Waals surface area contributed by atoms with Gasteiger partial charge in [0.2, 0.25) is 11.8 Å². The van der Waals surface area contributed by atoms with Crippen molar-refractivity contribution in [1.29, 1.82) is 0 Å². The Morgan fingerprint density at radius 1 is 1.23 bits per heavy atom. The van der Waals surface area contributed by atoms with Gasteiger partial charge in [-0.05, 0) is 52.9 Å². The highest BCUT2D eigenvalue weighted by molar-refractivity contribution is 6.08. The standard InChI is InChI=1S/C23H35N3O5/c1-13(2)16(24-21(30)31-22(5,6)7)19(28)25-12-9-15-17(25)23(10-8-11-23)20(29)26(15)18(27)14(3)4/h13,15-17H,3,8-12H2,1-2,4-7H3,(H,24,30)/t15-,16-,17-/m0/s1. The molecule has 8 nitrogen and oxygen atoms in total. The van der Waals surface area contributed by atoms with Gasteiger partial charge in [-0.3, -0.25) is 19.3 Å². The van der Waals surface area contributed by atoms with Crippen LogP contribution in [-0.2, 0) is 19.1 Å². The van der Waals surface area contributed by atoms with Crippen molar-refractivity contribution in [3.63, 3.8) is 0 Å². The number of nitrogens with zero attached hydrogens (tertiary/aromatic N) is 2. The fourth-order valence-corrected chi connectivity index (χ4v) is 5.12. The van der Waals surface area contributed by atoms with Crippen LogP contribution in [0.2, 0.25) is 0 Å². The lowest BCUT2D eigenvalue weighted by Crippen LogP contribution is -2.58. The summed E-state index contributed by atoms with van der Waals surface area (Å²) in [6, 6.07) is -1.46. The average molecular weight is 434 g/mol. The first-order valence-corrected chi connectivity index (χ1v) is 11.1. The molecule has 0 unspecified atom stereocenters. The number of imide groups is 1. The van der Waals surface area contributed by atoms with Gasteiger partial charge in [0.1, 0.15) is 11.6 Å². The quantitative estimate of drug-likeness (QED) is 0.688. The topological polar surface area (TPSA) is 96.0 Å². The number of alkyl carbamates (subject to hydrolysis) is 1. The third kappa shape index (κ3) is 3.96. The van der Waals surface area contributed by atoms with Crippen LogP contribution in [0.3, 0.4) is 0 Å². The number of nitrogens with one attached hydrogen (secondary N) is 1. The van der Waals surface area contributed by atoms with Crippen molar-refractivity contribution in [2.75, 3.05) is 6.54 Å². The molecule has 8 heteroatoms. The van der Waals surface area contributed by atoms with Crippen LogP contribution in [0.5, 0.6) is 0 Å². The number of carbonyl (C=O) groups excluding carboxylic acids is 4. The van der Waals surface area contributed by atoms with E-state index in [0.29, 0.717) is 31.4 Å². The van der Waals surface area contributed by atoms with Gasteiger partial charge in [-0.2, -0.15) is 0 Å². The van der Waals surface area contributed by atoms with Gasteiger partial charge in [-0.15, -0.1) is 0 Å². The number of carbonyl (C=O) groups is 4. The molecule has 1 saturated carbocycles. The SMILES string of the molecule is C=C(C)C(=O)N1C(=O)C2(CCC2)[C@@H]2[C@@H]1CCN2C(=O)[C@@H](NC(=O)OC(C)(C)C)C(C)C. The Balaban J connectivity index is 1.86. The summed E-state index contributed by atoms with van der Waals surface area (Å²) in [7, 11) is 0. The number of likely N-dealkylation sites (tertiary alicyclic amines) is 2. The highest BCUT2D eigenvalue weighted by atomic mass is 16.6. The summed E-state index contributed by atoms with van der Waals surface area (Å²) in [6.07, 6.45) is 2.14. The van der Waals surface area contributed by atoms with E-state index < -0.39 is 23.2 Å². The van der Waals surface area contributed by atoms with Crippen molar-refractivity contribution in [2.45, 2.75) is 91.0 Å². The van der Waals surface area contributed by atoms with Crippen LogP contribution in [-0.4, -0.2) is 63.9 Å². The van der Waals surface area contributed by atoms with Crippen molar-refractivity contribution < 1.29 is 23.9 Å². The Kier molecular flexibility index (Phi) is 5.97. The van der Waals surface area contributed by atoms with Gasteiger partial charge in [-0.25, -0.2) is 4.79 Å². The summed E-state index contributed by atoms with van der Waals surface area (Å²) in [5.41, 5.74) is -1.06. The average Bonchev–Trinajstić information content (AvgIpc) is 3.11. The number of hydrogen-bond acceptors (Lipinski definition) is 5. The maximum Gasteiger partial charge on any atom is 0.408 e. The predicted octanol–water partition coefficient (Wildman–Crippen LogP) is 2.62. The third-order valence-electron chi connectivity index (χ3n) is 6.63. The van der Waals surface area contributed by atoms with Gasteiger partial charge in [0, 0.05) is 12.1 Å². The molecule has 0 bridgehead atoms. The first-order valence-electron chi connectivity index (χ1n) is 11.1. The molecule has 3 rings (SSSR count).